The summed E-state index contributed by atoms with van der Waals surface area (Å²) in [5, 5.41) is 0. The Balaban J connectivity index is 2.12. The molecule has 2 fully saturated rings. The molecule has 0 aromatic heterocycles. The molecule has 2 aliphatic rings. The van der Waals surface area contributed by atoms with E-state index < -0.39 is 0 Å². The molecule has 19 heavy (non-hydrogen) atoms. The Morgan fingerprint density at radius 3 is 2.26 bits per heavy atom. The quantitative estimate of drug-likeness (QED) is 0.708. The lowest BCUT2D eigenvalue weighted by atomic mass is 9.71. The summed E-state index contributed by atoms with van der Waals surface area (Å²) in [6.45, 7) is 14.6. The number of para-hydroxylation sites is 1. The van der Waals surface area contributed by atoms with Gasteiger partial charge in [-0.3, -0.25) is 0 Å². The Morgan fingerprint density at radius 2 is 1.68 bits per heavy atom. The summed E-state index contributed by atoms with van der Waals surface area (Å²) >= 11 is 0. The van der Waals surface area contributed by atoms with Crippen LogP contribution in [-0.4, -0.2) is 11.6 Å². The van der Waals surface area contributed by atoms with Gasteiger partial charge in [-0.25, -0.2) is 0 Å². The molecule has 0 spiro atoms. The maximum atomic E-state index is 2.73. The minimum Gasteiger partial charge on any atom is -0.362 e. The molecule has 1 heterocycles. The molecule has 1 nitrogen and oxygen atoms in total. The highest BCUT2D eigenvalue weighted by Crippen LogP contribution is 2.64. The van der Waals surface area contributed by atoms with E-state index in [-0.39, 0.29) is 0 Å². The van der Waals surface area contributed by atoms with E-state index in [0.29, 0.717) is 17.0 Å². The number of benzene rings is 1. The first-order valence-corrected chi connectivity index (χ1v) is 7.67. The summed E-state index contributed by atoms with van der Waals surface area (Å²) in [6.07, 6.45) is 1.33. The molecule has 1 aliphatic carbocycles. The number of hydrogen-bond donors (Lipinski definition) is 0. The Hall–Kier alpha value is -0.980. The molecule has 1 saturated carbocycles. The van der Waals surface area contributed by atoms with Crippen molar-refractivity contribution in [1.29, 1.82) is 0 Å². The molecule has 0 N–H and O–H groups in total. The van der Waals surface area contributed by atoms with Crippen LogP contribution in [0.1, 0.15) is 46.6 Å². The molecule has 1 heteroatoms. The largest absolute Gasteiger partial charge is 0.362 e. The van der Waals surface area contributed by atoms with Crippen molar-refractivity contribution in [3.8, 4) is 0 Å². The second-order valence-corrected chi connectivity index (χ2v) is 7.45. The number of rotatable bonds is 1. The van der Waals surface area contributed by atoms with Crippen molar-refractivity contribution < 1.29 is 0 Å². The molecule has 1 aliphatic heterocycles. The van der Waals surface area contributed by atoms with Gasteiger partial charge in [0, 0.05) is 17.3 Å². The first kappa shape index (κ1) is 13.0. The van der Waals surface area contributed by atoms with E-state index in [1.54, 1.807) is 0 Å². The van der Waals surface area contributed by atoms with Gasteiger partial charge in [-0.2, -0.15) is 0 Å². The number of aryl methyl sites for hydroxylation is 1. The molecule has 1 saturated heterocycles. The van der Waals surface area contributed by atoms with Crippen LogP contribution in [0.3, 0.4) is 0 Å². The molecule has 1 aromatic rings. The van der Waals surface area contributed by atoms with Gasteiger partial charge in [0.2, 0.25) is 0 Å². The standard InChI is InChI=1S/C18H27N/c1-12-9-7-8-10-16(12)19-15(4)17(5)11-18(19,6)14(3)13(17)2/h7-10,13-15H,11H2,1-6H3. The lowest BCUT2D eigenvalue weighted by Gasteiger charge is -2.51. The molecule has 0 radical (unpaired) electrons. The Labute approximate surface area is 118 Å². The summed E-state index contributed by atoms with van der Waals surface area (Å²) in [5.41, 5.74) is 3.63. The summed E-state index contributed by atoms with van der Waals surface area (Å²) in [5.74, 6) is 1.57. The summed E-state index contributed by atoms with van der Waals surface area (Å²) in [4.78, 5) is 2.73. The SMILES string of the molecule is Cc1ccccc1N1C(C)C2(C)CC1(C)C(C)C2C. The molecular weight excluding hydrogens is 230 g/mol. The predicted octanol–water partition coefficient (Wildman–Crippen LogP) is 4.64. The van der Waals surface area contributed by atoms with Crippen molar-refractivity contribution in [2.75, 3.05) is 4.90 Å². The van der Waals surface area contributed by atoms with Crippen molar-refractivity contribution in [3.63, 3.8) is 0 Å². The van der Waals surface area contributed by atoms with Crippen molar-refractivity contribution in [3.05, 3.63) is 29.8 Å². The third-order valence-corrected chi connectivity index (χ3v) is 6.78. The van der Waals surface area contributed by atoms with Gasteiger partial charge in [-0.15, -0.1) is 0 Å². The van der Waals surface area contributed by atoms with Crippen molar-refractivity contribution in [2.24, 2.45) is 17.3 Å². The van der Waals surface area contributed by atoms with Gasteiger partial charge in [0.1, 0.15) is 0 Å². The van der Waals surface area contributed by atoms with Gasteiger partial charge in [-0.05, 0) is 56.1 Å². The molecule has 0 amide bonds. The maximum Gasteiger partial charge on any atom is 0.0411 e. The average Bonchev–Trinajstić information content (AvgIpc) is 2.68. The normalized spacial score (nSPS) is 44.9. The monoisotopic (exact) mass is 257 g/mol. The van der Waals surface area contributed by atoms with Crippen LogP contribution in [0, 0.1) is 24.2 Å². The van der Waals surface area contributed by atoms with Crippen LogP contribution in [0.2, 0.25) is 0 Å². The predicted molar refractivity (Wildman–Crippen MR) is 82.6 cm³/mol. The second-order valence-electron chi connectivity index (χ2n) is 7.45. The van der Waals surface area contributed by atoms with Crippen molar-refractivity contribution >= 4 is 5.69 Å². The van der Waals surface area contributed by atoms with Gasteiger partial charge in [0.05, 0.1) is 0 Å². The van der Waals surface area contributed by atoms with E-state index in [2.05, 4.69) is 70.7 Å². The highest BCUT2D eigenvalue weighted by atomic mass is 15.3. The van der Waals surface area contributed by atoms with Crippen LogP contribution in [0.4, 0.5) is 5.69 Å². The topological polar surface area (TPSA) is 3.24 Å². The molecule has 3 rings (SSSR count). The highest BCUT2D eigenvalue weighted by Gasteiger charge is 2.65. The third kappa shape index (κ3) is 1.42. The van der Waals surface area contributed by atoms with E-state index >= 15 is 0 Å². The van der Waals surface area contributed by atoms with Gasteiger partial charge in [0.15, 0.2) is 0 Å². The zero-order valence-electron chi connectivity index (χ0n) is 13.2. The summed E-state index contributed by atoms with van der Waals surface area (Å²) in [7, 11) is 0. The summed E-state index contributed by atoms with van der Waals surface area (Å²) in [6, 6.07) is 9.51. The molecule has 1 aromatic carbocycles. The maximum absolute atomic E-state index is 2.73. The van der Waals surface area contributed by atoms with E-state index in [1.165, 1.54) is 17.7 Å². The lowest BCUT2D eigenvalue weighted by Crippen LogP contribution is -2.56. The number of piperidine rings is 1. The number of anilines is 1. The van der Waals surface area contributed by atoms with Gasteiger partial charge in [-0.1, -0.05) is 39.0 Å². The van der Waals surface area contributed by atoms with Crippen LogP contribution >= 0.6 is 0 Å². The van der Waals surface area contributed by atoms with Crippen molar-refractivity contribution in [2.45, 2.75) is 59.5 Å². The lowest BCUT2D eigenvalue weighted by molar-refractivity contribution is 0.148. The minimum atomic E-state index is 0.319. The van der Waals surface area contributed by atoms with Crippen LogP contribution in [0.15, 0.2) is 24.3 Å². The molecular formula is C18H27N. The van der Waals surface area contributed by atoms with Gasteiger partial charge < -0.3 is 4.90 Å². The van der Waals surface area contributed by atoms with E-state index in [1.807, 2.05) is 0 Å². The van der Waals surface area contributed by atoms with Crippen LogP contribution in [0.5, 0.6) is 0 Å². The van der Waals surface area contributed by atoms with Gasteiger partial charge in [0.25, 0.3) is 0 Å². The zero-order valence-corrected chi connectivity index (χ0v) is 13.2. The average molecular weight is 257 g/mol. The first-order valence-electron chi connectivity index (χ1n) is 7.67. The van der Waals surface area contributed by atoms with E-state index in [4.69, 9.17) is 0 Å². The van der Waals surface area contributed by atoms with Crippen LogP contribution in [-0.2, 0) is 0 Å². The first-order chi connectivity index (χ1) is 8.82. The highest BCUT2D eigenvalue weighted by molar-refractivity contribution is 5.59. The molecule has 2 bridgehead atoms. The van der Waals surface area contributed by atoms with Crippen LogP contribution in [0.25, 0.3) is 0 Å². The Bertz CT molecular complexity index is 508. The number of fused-ring (bicyclic) bond motifs is 2. The fourth-order valence-corrected chi connectivity index (χ4v) is 5.09. The molecule has 104 valence electrons. The summed E-state index contributed by atoms with van der Waals surface area (Å²) < 4.78 is 0. The minimum absolute atomic E-state index is 0.319. The fourth-order valence-electron chi connectivity index (χ4n) is 5.09. The van der Waals surface area contributed by atoms with Crippen molar-refractivity contribution in [1.82, 2.24) is 0 Å². The van der Waals surface area contributed by atoms with E-state index in [9.17, 15) is 0 Å². The molecule has 5 atom stereocenters. The van der Waals surface area contributed by atoms with Crippen LogP contribution < -0.4 is 4.90 Å². The second kappa shape index (κ2) is 3.77. The molecule has 5 unspecified atom stereocenters. The Kier molecular flexibility index (Phi) is 2.59. The van der Waals surface area contributed by atoms with E-state index in [0.717, 1.165) is 11.8 Å². The smallest absolute Gasteiger partial charge is 0.0411 e. The zero-order chi connectivity index (χ0) is 14.0. The fraction of sp³-hybridized carbons (Fsp3) is 0.667. The third-order valence-electron chi connectivity index (χ3n) is 6.78. The number of hydrogen-bond acceptors (Lipinski definition) is 1. The number of nitrogens with zero attached hydrogens (tertiary/aromatic N) is 1. The van der Waals surface area contributed by atoms with Gasteiger partial charge >= 0.3 is 0 Å². The Morgan fingerprint density at radius 1 is 1.05 bits per heavy atom.